The number of benzene rings is 1. The molecular weight excluding hydrogens is 202 g/mol. The van der Waals surface area contributed by atoms with Crippen molar-refractivity contribution < 1.29 is 4.79 Å². The molecule has 1 amide bonds. The number of carbonyl (C=O) groups excluding carboxylic acids is 1. The Morgan fingerprint density at radius 2 is 2.12 bits per heavy atom. The molecule has 4 nitrogen and oxygen atoms in total. The highest BCUT2D eigenvalue weighted by atomic mass is 16.1. The van der Waals surface area contributed by atoms with Crippen LogP contribution >= 0.6 is 0 Å². The Hall–Kier alpha value is -1.55. The molecule has 0 aromatic heterocycles. The summed E-state index contributed by atoms with van der Waals surface area (Å²) in [6.07, 6.45) is 0. The Kier molecular flexibility index (Phi) is 4.79. The Bertz CT molecular complexity index is 352. The summed E-state index contributed by atoms with van der Waals surface area (Å²) in [6, 6.07) is 7.85. The second kappa shape index (κ2) is 6.12. The third kappa shape index (κ3) is 3.24. The van der Waals surface area contributed by atoms with Crippen molar-refractivity contribution in [3.63, 3.8) is 0 Å². The Morgan fingerprint density at radius 3 is 2.75 bits per heavy atom. The molecule has 0 atom stereocenters. The summed E-state index contributed by atoms with van der Waals surface area (Å²) >= 11 is 0. The van der Waals surface area contributed by atoms with E-state index in [1.807, 2.05) is 43.1 Å². The number of anilines is 1. The second-order valence-corrected chi connectivity index (χ2v) is 3.64. The van der Waals surface area contributed by atoms with Crippen molar-refractivity contribution >= 4 is 11.6 Å². The minimum atomic E-state index is 0.0248. The van der Waals surface area contributed by atoms with Crippen LogP contribution in [-0.2, 0) is 11.3 Å². The van der Waals surface area contributed by atoms with Crippen molar-refractivity contribution in [3.8, 4) is 0 Å². The number of hydrogen-bond acceptors (Lipinski definition) is 3. The van der Waals surface area contributed by atoms with Gasteiger partial charge in [0, 0.05) is 25.8 Å². The Labute approximate surface area is 96.4 Å². The van der Waals surface area contributed by atoms with Gasteiger partial charge in [0.1, 0.15) is 0 Å². The number of hydrogen-bond donors (Lipinski definition) is 2. The van der Waals surface area contributed by atoms with Crippen LogP contribution in [0.3, 0.4) is 0 Å². The molecular formula is C12H19N3O. The molecule has 0 saturated carbocycles. The van der Waals surface area contributed by atoms with E-state index >= 15 is 0 Å². The molecule has 3 N–H and O–H groups in total. The van der Waals surface area contributed by atoms with Crippen molar-refractivity contribution in [1.82, 2.24) is 5.32 Å². The number of nitrogens with two attached hydrogens (primary N) is 1. The molecule has 1 aromatic carbocycles. The number of carbonyl (C=O) groups is 1. The molecule has 0 aliphatic heterocycles. The zero-order valence-corrected chi connectivity index (χ0v) is 9.86. The minimum absolute atomic E-state index is 0.0248. The van der Waals surface area contributed by atoms with E-state index in [1.165, 1.54) is 0 Å². The topological polar surface area (TPSA) is 58.4 Å². The van der Waals surface area contributed by atoms with Gasteiger partial charge in [0.2, 0.25) is 5.91 Å². The molecule has 4 heteroatoms. The number of likely N-dealkylation sites (N-methyl/N-ethyl adjacent to an activating group) is 2. The van der Waals surface area contributed by atoms with Gasteiger partial charge in [-0.1, -0.05) is 18.2 Å². The van der Waals surface area contributed by atoms with Crippen molar-refractivity contribution in [2.75, 3.05) is 25.0 Å². The smallest absolute Gasteiger partial charge is 0.239 e. The number of nitrogens with zero attached hydrogens (tertiary/aromatic N) is 1. The lowest BCUT2D eigenvalue weighted by Gasteiger charge is -2.21. The molecule has 88 valence electrons. The third-order valence-electron chi connectivity index (χ3n) is 2.38. The quantitative estimate of drug-likeness (QED) is 0.770. The fraction of sp³-hybridized carbons (Fsp3) is 0.417. The number of rotatable bonds is 5. The van der Waals surface area contributed by atoms with Gasteiger partial charge in [-0.15, -0.1) is 0 Å². The summed E-state index contributed by atoms with van der Waals surface area (Å²) in [5.41, 5.74) is 7.71. The van der Waals surface area contributed by atoms with Gasteiger partial charge in [-0.3, -0.25) is 4.79 Å². The lowest BCUT2D eigenvalue weighted by molar-refractivity contribution is -0.119. The summed E-state index contributed by atoms with van der Waals surface area (Å²) < 4.78 is 0. The van der Waals surface area contributed by atoms with E-state index in [9.17, 15) is 4.79 Å². The molecule has 1 aromatic rings. The van der Waals surface area contributed by atoms with E-state index in [0.717, 1.165) is 11.3 Å². The lowest BCUT2D eigenvalue weighted by atomic mass is 10.1. The fourth-order valence-electron chi connectivity index (χ4n) is 1.61. The summed E-state index contributed by atoms with van der Waals surface area (Å²) in [5, 5.41) is 2.77. The fourth-order valence-corrected chi connectivity index (χ4v) is 1.61. The van der Waals surface area contributed by atoms with E-state index in [4.69, 9.17) is 5.73 Å². The van der Waals surface area contributed by atoms with E-state index in [2.05, 4.69) is 5.32 Å². The number of amides is 1. The van der Waals surface area contributed by atoms with Crippen LogP contribution in [0.25, 0.3) is 0 Å². The largest absolute Gasteiger partial charge is 0.365 e. The maximum absolute atomic E-state index is 11.4. The zero-order valence-electron chi connectivity index (χ0n) is 9.86. The van der Waals surface area contributed by atoms with Gasteiger partial charge in [0.25, 0.3) is 0 Å². The van der Waals surface area contributed by atoms with E-state index < -0.39 is 0 Å². The molecule has 16 heavy (non-hydrogen) atoms. The number of nitrogens with one attached hydrogen (secondary N) is 1. The van der Waals surface area contributed by atoms with Gasteiger partial charge < -0.3 is 16.0 Å². The zero-order chi connectivity index (χ0) is 12.0. The van der Waals surface area contributed by atoms with E-state index in [-0.39, 0.29) is 5.91 Å². The normalized spacial score (nSPS) is 9.94. The van der Waals surface area contributed by atoms with Gasteiger partial charge in [-0.05, 0) is 18.6 Å². The van der Waals surface area contributed by atoms with Crippen LogP contribution in [0.1, 0.15) is 12.5 Å². The maximum Gasteiger partial charge on any atom is 0.239 e. The van der Waals surface area contributed by atoms with Gasteiger partial charge in [-0.25, -0.2) is 0 Å². The molecule has 0 aliphatic rings. The lowest BCUT2D eigenvalue weighted by Crippen LogP contribution is -2.35. The predicted molar refractivity (Wildman–Crippen MR) is 66.3 cm³/mol. The SMILES string of the molecule is CCNC(=O)CN(C)c1ccccc1CN. The van der Waals surface area contributed by atoms with Crippen LogP contribution in [-0.4, -0.2) is 26.0 Å². The van der Waals surface area contributed by atoms with Gasteiger partial charge in [-0.2, -0.15) is 0 Å². The standard InChI is InChI=1S/C12H19N3O/c1-3-14-12(16)9-15(2)11-7-5-4-6-10(11)8-13/h4-7H,3,8-9,13H2,1-2H3,(H,14,16). The highest BCUT2D eigenvalue weighted by Crippen LogP contribution is 2.17. The van der Waals surface area contributed by atoms with Crippen LogP contribution in [0.5, 0.6) is 0 Å². The Balaban J connectivity index is 2.72. The first-order valence-corrected chi connectivity index (χ1v) is 5.44. The molecule has 0 bridgehead atoms. The van der Waals surface area contributed by atoms with Crippen LogP contribution in [0.2, 0.25) is 0 Å². The summed E-state index contributed by atoms with van der Waals surface area (Å²) in [6.45, 7) is 3.40. The Morgan fingerprint density at radius 1 is 1.44 bits per heavy atom. The van der Waals surface area contributed by atoms with Gasteiger partial charge in [0.15, 0.2) is 0 Å². The second-order valence-electron chi connectivity index (χ2n) is 3.64. The van der Waals surface area contributed by atoms with Gasteiger partial charge in [0.05, 0.1) is 6.54 Å². The maximum atomic E-state index is 11.4. The highest BCUT2D eigenvalue weighted by molar-refractivity contribution is 5.81. The minimum Gasteiger partial charge on any atom is -0.365 e. The first kappa shape index (κ1) is 12.5. The highest BCUT2D eigenvalue weighted by Gasteiger charge is 2.09. The molecule has 0 aliphatic carbocycles. The van der Waals surface area contributed by atoms with Crippen LogP contribution in [0.4, 0.5) is 5.69 Å². The average Bonchev–Trinajstić information content (AvgIpc) is 2.29. The molecule has 0 saturated heterocycles. The van der Waals surface area contributed by atoms with E-state index in [1.54, 1.807) is 0 Å². The van der Waals surface area contributed by atoms with Crippen LogP contribution < -0.4 is 16.0 Å². The van der Waals surface area contributed by atoms with Crippen molar-refractivity contribution in [1.29, 1.82) is 0 Å². The van der Waals surface area contributed by atoms with Gasteiger partial charge >= 0.3 is 0 Å². The first-order valence-electron chi connectivity index (χ1n) is 5.44. The van der Waals surface area contributed by atoms with Crippen LogP contribution in [0.15, 0.2) is 24.3 Å². The average molecular weight is 221 g/mol. The molecule has 1 rings (SSSR count). The summed E-state index contributed by atoms with van der Waals surface area (Å²) in [7, 11) is 1.89. The van der Waals surface area contributed by atoms with Crippen molar-refractivity contribution in [2.24, 2.45) is 5.73 Å². The monoisotopic (exact) mass is 221 g/mol. The van der Waals surface area contributed by atoms with Crippen molar-refractivity contribution in [2.45, 2.75) is 13.5 Å². The summed E-state index contributed by atoms with van der Waals surface area (Å²) in [5.74, 6) is 0.0248. The molecule has 0 unspecified atom stereocenters. The molecule has 0 fully saturated rings. The summed E-state index contributed by atoms with van der Waals surface area (Å²) in [4.78, 5) is 13.4. The predicted octanol–water partition coefficient (Wildman–Crippen LogP) is 0.718. The van der Waals surface area contributed by atoms with Crippen LogP contribution in [0, 0.1) is 0 Å². The third-order valence-corrected chi connectivity index (χ3v) is 2.38. The van der Waals surface area contributed by atoms with E-state index in [0.29, 0.717) is 19.6 Å². The molecule has 0 spiro atoms. The first-order chi connectivity index (χ1) is 7.69. The van der Waals surface area contributed by atoms with Crippen molar-refractivity contribution in [3.05, 3.63) is 29.8 Å². The molecule has 0 heterocycles. The molecule has 0 radical (unpaired) electrons. The number of para-hydroxylation sites is 1.